The van der Waals surface area contributed by atoms with Crippen molar-refractivity contribution < 1.29 is 8.78 Å². The topological polar surface area (TPSA) is 19.0 Å². The Bertz CT molecular complexity index is 576. The smallest absolute Gasteiger partial charge is 0.160 e. The number of fused-ring (bicyclic) bond motifs is 1. The zero-order chi connectivity index (χ0) is 12.7. The third-order valence-corrected chi connectivity index (χ3v) is 3.94. The van der Waals surface area contributed by atoms with E-state index >= 15 is 0 Å². The summed E-state index contributed by atoms with van der Waals surface area (Å²) in [6, 6.07) is 3.04. The van der Waals surface area contributed by atoms with Crippen molar-refractivity contribution in [2.45, 2.75) is 25.3 Å². The summed E-state index contributed by atoms with van der Waals surface area (Å²) in [6.45, 7) is 1.12. The predicted octanol–water partition coefficient (Wildman–Crippen LogP) is 3.08. The Balaban J connectivity index is 1.95. The summed E-state index contributed by atoms with van der Waals surface area (Å²) in [5, 5.41) is 0.800. The lowest BCUT2D eigenvalue weighted by molar-refractivity contribution is 0.310. The first-order valence-corrected chi connectivity index (χ1v) is 6.30. The van der Waals surface area contributed by atoms with Crippen LogP contribution in [0.2, 0.25) is 0 Å². The van der Waals surface area contributed by atoms with Crippen molar-refractivity contribution in [2.24, 2.45) is 0 Å². The molecule has 96 valence electrons. The quantitative estimate of drug-likeness (QED) is 0.867. The number of nitrogens with zero attached hydrogens (tertiary/aromatic N) is 1. The summed E-state index contributed by atoms with van der Waals surface area (Å²) in [5.41, 5.74) is 1.74. The van der Waals surface area contributed by atoms with E-state index in [2.05, 4.69) is 16.9 Å². The Morgan fingerprint density at radius 1 is 1.33 bits per heavy atom. The number of H-pyrrole nitrogens is 1. The third kappa shape index (κ3) is 1.90. The second-order valence-corrected chi connectivity index (χ2v) is 5.11. The minimum absolute atomic E-state index is 0.511. The molecule has 2 heterocycles. The summed E-state index contributed by atoms with van der Waals surface area (Å²) in [5.74, 6) is -1.57. The average Bonchev–Trinajstić information content (AvgIpc) is 2.90. The molecule has 2 aromatic rings. The van der Waals surface area contributed by atoms with E-state index < -0.39 is 11.6 Å². The normalized spacial score (nSPS) is 20.9. The lowest BCUT2D eigenvalue weighted by Gasteiger charge is -2.18. The molecule has 1 aromatic heterocycles. The molecule has 2 nitrogen and oxygen atoms in total. The van der Waals surface area contributed by atoms with Gasteiger partial charge in [-0.15, -0.1) is 0 Å². The van der Waals surface area contributed by atoms with Crippen molar-refractivity contribution in [3.05, 3.63) is 35.5 Å². The summed E-state index contributed by atoms with van der Waals surface area (Å²) in [6.07, 6.45) is 5.15. The van der Waals surface area contributed by atoms with Crippen molar-refractivity contribution in [3.8, 4) is 0 Å². The molecule has 0 radical (unpaired) electrons. The van der Waals surface area contributed by atoms with Gasteiger partial charge in [-0.25, -0.2) is 8.78 Å². The van der Waals surface area contributed by atoms with Gasteiger partial charge in [0.15, 0.2) is 11.6 Å². The molecule has 0 bridgehead atoms. The van der Waals surface area contributed by atoms with Crippen LogP contribution in [-0.4, -0.2) is 29.5 Å². The van der Waals surface area contributed by atoms with Crippen LogP contribution in [0.4, 0.5) is 8.78 Å². The molecule has 1 aliphatic heterocycles. The number of aromatic nitrogens is 1. The number of halogens is 2. The first-order valence-electron chi connectivity index (χ1n) is 6.30. The van der Waals surface area contributed by atoms with E-state index in [4.69, 9.17) is 0 Å². The Kier molecular flexibility index (Phi) is 2.82. The van der Waals surface area contributed by atoms with Gasteiger partial charge in [-0.3, -0.25) is 0 Å². The molecule has 1 N–H and O–H groups in total. The number of rotatable bonds is 2. The minimum Gasteiger partial charge on any atom is -0.361 e. The third-order valence-electron chi connectivity index (χ3n) is 3.94. The van der Waals surface area contributed by atoms with Crippen LogP contribution < -0.4 is 0 Å². The van der Waals surface area contributed by atoms with Crippen LogP contribution in [0.3, 0.4) is 0 Å². The van der Waals surface area contributed by atoms with Crippen LogP contribution in [0.15, 0.2) is 18.3 Å². The molecule has 1 atom stereocenters. The Morgan fingerprint density at radius 3 is 2.83 bits per heavy atom. The monoisotopic (exact) mass is 250 g/mol. The van der Waals surface area contributed by atoms with Crippen LogP contribution >= 0.6 is 0 Å². The number of nitrogens with one attached hydrogen (secondary N) is 1. The molecule has 0 spiro atoms. The highest BCUT2D eigenvalue weighted by atomic mass is 19.2. The van der Waals surface area contributed by atoms with Crippen LogP contribution in [0, 0.1) is 11.6 Å². The highest BCUT2D eigenvalue weighted by Crippen LogP contribution is 2.26. The van der Waals surface area contributed by atoms with Crippen molar-refractivity contribution in [1.82, 2.24) is 9.88 Å². The Labute approximate surface area is 105 Å². The van der Waals surface area contributed by atoms with Gasteiger partial charge in [-0.2, -0.15) is 0 Å². The molecule has 1 unspecified atom stereocenters. The second kappa shape index (κ2) is 4.35. The lowest BCUT2D eigenvalue weighted by Crippen LogP contribution is -2.26. The predicted molar refractivity (Wildman–Crippen MR) is 67.6 cm³/mol. The molecule has 1 aliphatic rings. The average molecular weight is 250 g/mol. The fourth-order valence-corrected chi connectivity index (χ4v) is 2.83. The fourth-order valence-electron chi connectivity index (χ4n) is 2.83. The highest BCUT2D eigenvalue weighted by molar-refractivity contribution is 5.83. The maximum atomic E-state index is 13.3. The van der Waals surface area contributed by atoms with Gasteiger partial charge in [0, 0.05) is 29.2 Å². The first-order chi connectivity index (χ1) is 8.65. The van der Waals surface area contributed by atoms with Gasteiger partial charge in [0.1, 0.15) is 0 Å². The molecule has 1 fully saturated rings. The minimum atomic E-state index is -0.797. The van der Waals surface area contributed by atoms with E-state index in [1.807, 2.05) is 6.20 Å². The Hall–Kier alpha value is -1.42. The molecule has 4 heteroatoms. The number of likely N-dealkylation sites (tertiary alicyclic amines) is 1. The van der Waals surface area contributed by atoms with E-state index in [9.17, 15) is 8.78 Å². The van der Waals surface area contributed by atoms with Gasteiger partial charge < -0.3 is 9.88 Å². The summed E-state index contributed by atoms with van der Waals surface area (Å²) >= 11 is 0. The number of likely N-dealkylation sites (N-methyl/N-ethyl adjacent to an activating group) is 1. The Morgan fingerprint density at radius 2 is 2.11 bits per heavy atom. The van der Waals surface area contributed by atoms with Crippen molar-refractivity contribution >= 4 is 10.9 Å². The second-order valence-electron chi connectivity index (χ2n) is 5.11. The summed E-state index contributed by atoms with van der Waals surface area (Å²) < 4.78 is 26.4. The van der Waals surface area contributed by atoms with Gasteiger partial charge in [-0.05, 0) is 44.5 Å². The van der Waals surface area contributed by atoms with E-state index in [1.54, 1.807) is 0 Å². The number of hydrogen-bond acceptors (Lipinski definition) is 1. The zero-order valence-corrected chi connectivity index (χ0v) is 10.3. The van der Waals surface area contributed by atoms with Gasteiger partial charge >= 0.3 is 0 Å². The van der Waals surface area contributed by atoms with Crippen LogP contribution in [0.25, 0.3) is 10.9 Å². The fraction of sp³-hybridized carbons (Fsp3) is 0.429. The molecule has 0 aliphatic carbocycles. The van der Waals surface area contributed by atoms with Gasteiger partial charge in [0.25, 0.3) is 0 Å². The highest BCUT2D eigenvalue weighted by Gasteiger charge is 2.22. The molecule has 1 saturated heterocycles. The van der Waals surface area contributed by atoms with Crippen LogP contribution in [0.1, 0.15) is 18.4 Å². The number of benzene rings is 1. The largest absolute Gasteiger partial charge is 0.361 e. The summed E-state index contributed by atoms with van der Waals surface area (Å²) in [4.78, 5) is 5.35. The first kappa shape index (κ1) is 11.7. The van der Waals surface area contributed by atoms with Gasteiger partial charge in [-0.1, -0.05) is 0 Å². The summed E-state index contributed by atoms with van der Waals surface area (Å²) in [7, 11) is 2.12. The molecule has 3 rings (SSSR count). The van der Waals surface area contributed by atoms with Crippen molar-refractivity contribution in [3.63, 3.8) is 0 Å². The van der Waals surface area contributed by atoms with E-state index in [0.717, 1.165) is 23.9 Å². The van der Waals surface area contributed by atoms with Crippen LogP contribution in [0.5, 0.6) is 0 Å². The van der Waals surface area contributed by atoms with Crippen molar-refractivity contribution in [2.75, 3.05) is 13.6 Å². The van der Waals surface area contributed by atoms with E-state index in [1.165, 1.54) is 25.0 Å². The zero-order valence-electron chi connectivity index (χ0n) is 10.3. The van der Waals surface area contributed by atoms with E-state index in [-0.39, 0.29) is 0 Å². The maximum Gasteiger partial charge on any atom is 0.160 e. The molecular formula is C14H16F2N2. The molecule has 1 aromatic carbocycles. The SMILES string of the molecule is CN1CCCC1Cc1c[nH]c2cc(F)c(F)cc12. The molecule has 0 saturated carbocycles. The van der Waals surface area contributed by atoms with Crippen molar-refractivity contribution in [1.29, 1.82) is 0 Å². The number of aromatic amines is 1. The molecule has 18 heavy (non-hydrogen) atoms. The lowest BCUT2D eigenvalue weighted by atomic mass is 10.0. The van der Waals surface area contributed by atoms with E-state index in [0.29, 0.717) is 11.6 Å². The number of hydrogen-bond donors (Lipinski definition) is 1. The van der Waals surface area contributed by atoms with Gasteiger partial charge in [0.2, 0.25) is 0 Å². The maximum absolute atomic E-state index is 13.3. The standard InChI is InChI=1S/C14H16F2N2/c1-18-4-2-3-10(18)5-9-8-17-14-7-13(16)12(15)6-11(9)14/h6-8,10,17H,2-5H2,1H3. The molecular weight excluding hydrogens is 234 g/mol. The molecule has 0 amide bonds. The van der Waals surface area contributed by atoms with Crippen LogP contribution in [-0.2, 0) is 6.42 Å². The van der Waals surface area contributed by atoms with Gasteiger partial charge in [0.05, 0.1) is 0 Å².